The van der Waals surface area contributed by atoms with Gasteiger partial charge in [-0.25, -0.2) is 4.98 Å². The molecule has 0 radical (unpaired) electrons. The second kappa shape index (κ2) is 8.99. The highest BCUT2D eigenvalue weighted by atomic mass is 16.5. The summed E-state index contributed by atoms with van der Waals surface area (Å²) in [7, 11) is 3.28. The molecule has 0 bridgehead atoms. The predicted molar refractivity (Wildman–Crippen MR) is 118 cm³/mol. The van der Waals surface area contributed by atoms with Crippen LogP contribution in [0.25, 0.3) is 22.5 Å². The highest BCUT2D eigenvalue weighted by molar-refractivity contribution is 5.78. The van der Waals surface area contributed by atoms with Crippen molar-refractivity contribution in [2.24, 2.45) is 0 Å². The molecule has 3 aromatic rings. The third kappa shape index (κ3) is 4.42. The summed E-state index contributed by atoms with van der Waals surface area (Å²) in [4.78, 5) is 20.4. The van der Waals surface area contributed by atoms with Crippen molar-refractivity contribution in [1.29, 1.82) is 0 Å². The van der Waals surface area contributed by atoms with E-state index < -0.39 is 0 Å². The summed E-state index contributed by atoms with van der Waals surface area (Å²) in [5.41, 5.74) is 3.26. The van der Waals surface area contributed by atoms with Gasteiger partial charge in [-0.15, -0.1) is 10.2 Å². The summed E-state index contributed by atoms with van der Waals surface area (Å²) >= 11 is 0. The minimum atomic E-state index is 0.0902. The summed E-state index contributed by atoms with van der Waals surface area (Å²) in [6, 6.07) is 15.4. The third-order valence-corrected chi connectivity index (χ3v) is 5.41. The van der Waals surface area contributed by atoms with Crippen LogP contribution in [0.4, 0.5) is 5.95 Å². The summed E-state index contributed by atoms with van der Waals surface area (Å²) < 4.78 is 10.6. The molecule has 31 heavy (non-hydrogen) atoms. The fourth-order valence-electron chi connectivity index (χ4n) is 3.57. The number of hydrogen-bond acceptors (Lipinski definition) is 7. The van der Waals surface area contributed by atoms with Crippen molar-refractivity contribution in [1.82, 2.24) is 20.1 Å². The lowest BCUT2D eigenvalue weighted by molar-refractivity contribution is -0.129. The molecule has 1 fully saturated rings. The topological polar surface area (TPSA) is 80.7 Å². The van der Waals surface area contributed by atoms with Crippen molar-refractivity contribution in [3.63, 3.8) is 0 Å². The van der Waals surface area contributed by atoms with E-state index in [2.05, 4.69) is 15.1 Å². The Balaban J connectivity index is 1.71. The number of carbonyl (C=O) groups excluding carboxylic acids is 1. The van der Waals surface area contributed by atoms with Crippen LogP contribution in [0.5, 0.6) is 11.5 Å². The maximum absolute atomic E-state index is 11.6. The van der Waals surface area contributed by atoms with Crippen LogP contribution in [-0.4, -0.2) is 66.4 Å². The van der Waals surface area contributed by atoms with Crippen LogP contribution in [0, 0.1) is 0 Å². The van der Waals surface area contributed by atoms with Gasteiger partial charge in [0.2, 0.25) is 11.9 Å². The Morgan fingerprint density at radius 1 is 0.774 bits per heavy atom. The average molecular weight is 419 g/mol. The van der Waals surface area contributed by atoms with Gasteiger partial charge in [0, 0.05) is 44.2 Å². The van der Waals surface area contributed by atoms with Gasteiger partial charge >= 0.3 is 0 Å². The highest BCUT2D eigenvalue weighted by Crippen LogP contribution is 2.31. The number of piperazine rings is 1. The molecule has 0 atom stereocenters. The first-order valence-electron chi connectivity index (χ1n) is 10.1. The van der Waals surface area contributed by atoms with Crippen LogP contribution < -0.4 is 14.4 Å². The highest BCUT2D eigenvalue weighted by Gasteiger charge is 2.22. The largest absolute Gasteiger partial charge is 0.497 e. The number of methoxy groups -OCH3 is 2. The maximum Gasteiger partial charge on any atom is 0.246 e. The van der Waals surface area contributed by atoms with Crippen molar-refractivity contribution >= 4 is 11.9 Å². The summed E-state index contributed by atoms with van der Waals surface area (Å²) in [5, 5.41) is 8.96. The van der Waals surface area contributed by atoms with E-state index in [1.54, 1.807) is 21.1 Å². The van der Waals surface area contributed by atoms with Gasteiger partial charge in [0.15, 0.2) is 0 Å². The number of rotatable bonds is 5. The maximum atomic E-state index is 11.6. The third-order valence-electron chi connectivity index (χ3n) is 5.41. The first-order valence-corrected chi connectivity index (χ1v) is 10.1. The Kier molecular flexibility index (Phi) is 5.97. The molecule has 2 heterocycles. The zero-order valence-corrected chi connectivity index (χ0v) is 17.9. The van der Waals surface area contributed by atoms with Gasteiger partial charge in [-0.1, -0.05) is 0 Å². The Morgan fingerprint density at radius 2 is 1.29 bits per heavy atom. The van der Waals surface area contributed by atoms with Crippen LogP contribution in [0.1, 0.15) is 6.92 Å². The second-order valence-corrected chi connectivity index (χ2v) is 7.26. The van der Waals surface area contributed by atoms with Gasteiger partial charge in [-0.3, -0.25) is 4.79 Å². The zero-order valence-electron chi connectivity index (χ0n) is 17.9. The van der Waals surface area contributed by atoms with Crippen molar-refractivity contribution in [3.05, 3.63) is 48.5 Å². The predicted octanol–water partition coefficient (Wildman–Crippen LogP) is 2.89. The summed E-state index contributed by atoms with van der Waals surface area (Å²) in [6.45, 7) is 4.24. The Hall–Kier alpha value is -3.68. The molecule has 0 N–H and O–H groups in total. The van der Waals surface area contributed by atoms with E-state index in [1.807, 2.05) is 53.4 Å². The fourth-order valence-corrected chi connectivity index (χ4v) is 3.57. The number of ether oxygens (including phenoxy) is 2. The number of hydrogen-bond donors (Lipinski definition) is 0. The lowest BCUT2D eigenvalue weighted by Gasteiger charge is -2.34. The van der Waals surface area contributed by atoms with E-state index in [4.69, 9.17) is 14.5 Å². The Morgan fingerprint density at radius 3 is 1.77 bits per heavy atom. The van der Waals surface area contributed by atoms with Gasteiger partial charge in [0.05, 0.1) is 14.2 Å². The van der Waals surface area contributed by atoms with Gasteiger partial charge in [-0.2, -0.15) is 0 Å². The van der Waals surface area contributed by atoms with Crippen LogP contribution in [0.3, 0.4) is 0 Å². The molecule has 1 aromatic heterocycles. The normalized spacial score (nSPS) is 13.8. The fraction of sp³-hybridized carbons (Fsp3) is 0.304. The second-order valence-electron chi connectivity index (χ2n) is 7.26. The molecule has 0 saturated carbocycles. The van der Waals surface area contributed by atoms with E-state index in [0.717, 1.165) is 28.3 Å². The molecule has 0 aliphatic carbocycles. The molecule has 1 aliphatic heterocycles. The molecule has 0 spiro atoms. The van der Waals surface area contributed by atoms with E-state index in [-0.39, 0.29) is 5.91 Å². The SMILES string of the molecule is COc1ccc(-c2nnc(N3CCN(C(C)=O)CC3)nc2-c2ccc(OC)cc2)cc1. The first-order chi connectivity index (χ1) is 15.1. The smallest absolute Gasteiger partial charge is 0.246 e. The van der Waals surface area contributed by atoms with Gasteiger partial charge in [0.1, 0.15) is 22.9 Å². The van der Waals surface area contributed by atoms with E-state index in [0.29, 0.717) is 37.8 Å². The van der Waals surface area contributed by atoms with Crippen LogP contribution in [-0.2, 0) is 4.79 Å². The Bertz CT molecular complexity index is 1050. The number of nitrogens with zero attached hydrogens (tertiary/aromatic N) is 5. The van der Waals surface area contributed by atoms with E-state index in [1.165, 1.54) is 0 Å². The molecular formula is C23H25N5O3. The number of anilines is 1. The lowest BCUT2D eigenvalue weighted by Crippen LogP contribution is -2.48. The quantitative estimate of drug-likeness (QED) is 0.629. The number of amides is 1. The van der Waals surface area contributed by atoms with Gasteiger partial charge in [-0.05, 0) is 48.5 Å². The van der Waals surface area contributed by atoms with Crippen LogP contribution in [0.15, 0.2) is 48.5 Å². The number of benzene rings is 2. The van der Waals surface area contributed by atoms with Gasteiger partial charge < -0.3 is 19.3 Å². The molecule has 2 aromatic carbocycles. The number of aromatic nitrogens is 3. The first kappa shape index (κ1) is 20.6. The standard InChI is InChI=1S/C23H25N5O3/c1-16(29)27-12-14-28(15-13-27)23-24-21(17-4-8-19(30-2)9-5-17)22(25-26-23)18-6-10-20(31-3)11-7-18/h4-11H,12-15H2,1-3H3. The molecule has 1 amide bonds. The zero-order chi connectivity index (χ0) is 21.8. The van der Waals surface area contributed by atoms with Crippen molar-refractivity contribution in [3.8, 4) is 34.0 Å². The lowest BCUT2D eigenvalue weighted by atomic mass is 10.0. The minimum Gasteiger partial charge on any atom is -0.497 e. The van der Waals surface area contributed by atoms with E-state index in [9.17, 15) is 4.79 Å². The molecule has 0 unspecified atom stereocenters. The van der Waals surface area contributed by atoms with Crippen molar-refractivity contribution in [2.75, 3.05) is 45.3 Å². The molecule has 8 heteroatoms. The molecule has 160 valence electrons. The monoisotopic (exact) mass is 419 g/mol. The van der Waals surface area contributed by atoms with Crippen molar-refractivity contribution in [2.45, 2.75) is 6.92 Å². The van der Waals surface area contributed by atoms with E-state index >= 15 is 0 Å². The molecular weight excluding hydrogens is 394 g/mol. The summed E-state index contributed by atoms with van der Waals surface area (Å²) in [6.07, 6.45) is 0. The Labute approximate surface area is 181 Å². The molecule has 1 aliphatic rings. The molecule has 4 rings (SSSR count). The van der Waals surface area contributed by atoms with Crippen molar-refractivity contribution < 1.29 is 14.3 Å². The summed E-state index contributed by atoms with van der Waals surface area (Å²) in [5.74, 6) is 2.20. The van der Waals surface area contributed by atoms with Gasteiger partial charge in [0.25, 0.3) is 0 Å². The van der Waals surface area contributed by atoms with Crippen LogP contribution in [0.2, 0.25) is 0 Å². The molecule has 8 nitrogen and oxygen atoms in total. The minimum absolute atomic E-state index is 0.0902. The number of carbonyl (C=O) groups is 1. The molecule has 1 saturated heterocycles. The average Bonchev–Trinajstić information content (AvgIpc) is 2.84. The van der Waals surface area contributed by atoms with Crippen LogP contribution >= 0.6 is 0 Å².